The second-order valence-corrected chi connectivity index (χ2v) is 8.77. The van der Waals surface area contributed by atoms with E-state index >= 15 is 0 Å². The molecule has 1 fully saturated rings. The number of fused-ring (bicyclic) bond motifs is 2. The number of aryl methyl sites for hydroxylation is 1. The highest BCUT2D eigenvalue weighted by Crippen LogP contribution is 2.50. The van der Waals surface area contributed by atoms with Crippen LogP contribution in [0.3, 0.4) is 0 Å². The average Bonchev–Trinajstić information content (AvgIpc) is 3.02. The van der Waals surface area contributed by atoms with E-state index < -0.39 is 17.6 Å². The minimum atomic E-state index is -0.839. The van der Waals surface area contributed by atoms with Gasteiger partial charge < -0.3 is 34.5 Å². The van der Waals surface area contributed by atoms with Crippen LogP contribution in [-0.2, 0) is 16.1 Å². The molecule has 37 heavy (non-hydrogen) atoms. The Bertz CT molecular complexity index is 1240. The first kappa shape index (κ1) is 26.4. The topological polar surface area (TPSA) is 144 Å². The Morgan fingerprint density at radius 3 is 2.57 bits per heavy atom. The van der Waals surface area contributed by atoms with Crippen LogP contribution in [0.15, 0.2) is 6.07 Å². The number of morpholine rings is 1. The SMILES string of the molecule is CCOCc1c(O)c(C(=O)NCCN2CCOCC2)c(C)c2c1OC(=O)c1c(C)cc(O)c(C=O)c1O2. The van der Waals surface area contributed by atoms with Crippen LogP contribution in [0.5, 0.6) is 28.7 Å². The van der Waals surface area contributed by atoms with Gasteiger partial charge in [0, 0.05) is 38.3 Å². The maximum absolute atomic E-state index is 13.3. The molecule has 2 aromatic carbocycles. The van der Waals surface area contributed by atoms with Gasteiger partial charge >= 0.3 is 5.97 Å². The molecule has 198 valence electrons. The number of amides is 1. The Morgan fingerprint density at radius 1 is 1.16 bits per heavy atom. The van der Waals surface area contributed by atoms with Crippen molar-refractivity contribution in [2.75, 3.05) is 46.0 Å². The fraction of sp³-hybridized carbons (Fsp3) is 0.423. The van der Waals surface area contributed by atoms with Crippen molar-refractivity contribution in [2.24, 2.45) is 0 Å². The van der Waals surface area contributed by atoms with Gasteiger partial charge in [-0.1, -0.05) is 0 Å². The Morgan fingerprint density at radius 2 is 1.89 bits per heavy atom. The van der Waals surface area contributed by atoms with Crippen molar-refractivity contribution in [1.29, 1.82) is 0 Å². The number of phenolic OH excluding ortho intramolecular Hbond substituents is 2. The highest BCUT2D eigenvalue weighted by atomic mass is 16.6. The minimum absolute atomic E-state index is 0.0361. The molecule has 0 spiro atoms. The van der Waals surface area contributed by atoms with Crippen molar-refractivity contribution in [3.63, 3.8) is 0 Å². The lowest BCUT2D eigenvalue weighted by Crippen LogP contribution is -2.41. The fourth-order valence-electron chi connectivity index (χ4n) is 4.45. The van der Waals surface area contributed by atoms with Gasteiger partial charge in [0.25, 0.3) is 5.91 Å². The fourth-order valence-corrected chi connectivity index (χ4v) is 4.45. The van der Waals surface area contributed by atoms with Gasteiger partial charge in [-0.15, -0.1) is 0 Å². The number of nitrogens with one attached hydrogen (secondary N) is 1. The first-order valence-electron chi connectivity index (χ1n) is 12.0. The number of esters is 1. The van der Waals surface area contributed by atoms with Gasteiger partial charge in [0.15, 0.2) is 23.5 Å². The predicted octanol–water partition coefficient (Wildman–Crippen LogP) is 2.45. The van der Waals surface area contributed by atoms with Gasteiger partial charge in [0.2, 0.25) is 0 Å². The second kappa shape index (κ2) is 11.2. The molecule has 0 aliphatic carbocycles. The molecule has 0 aromatic heterocycles. The Kier molecular flexibility index (Phi) is 7.96. The van der Waals surface area contributed by atoms with E-state index in [1.54, 1.807) is 13.8 Å². The van der Waals surface area contributed by atoms with Gasteiger partial charge in [-0.3, -0.25) is 14.5 Å². The number of rotatable bonds is 8. The standard InChI is InChI=1S/C26H30N2O9/c1-4-34-13-17-21(31)20(25(32)27-5-6-28-7-9-35-10-8-28)15(3)22-24(17)37-26(33)19-14(2)11-18(30)16(12-29)23(19)36-22/h11-12,30-31H,4-10,13H2,1-3H3,(H,27,32). The molecule has 0 radical (unpaired) electrons. The van der Waals surface area contributed by atoms with Crippen LogP contribution in [0.2, 0.25) is 0 Å². The molecule has 0 bridgehead atoms. The Labute approximate surface area is 213 Å². The third-order valence-electron chi connectivity index (χ3n) is 6.43. The summed E-state index contributed by atoms with van der Waals surface area (Å²) in [5, 5.41) is 24.3. The van der Waals surface area contributed by atoms with Crippen molar-refractivity contribution in [2.45, 2.75) is 27.4 Å². The summed E-state index contributed by atoms with van der Waals surface area (Å²) in [4.78, 5) is 40.3. The molecule has 0 atom stereocenters. The van der Waals surface area contributed by atoms with E-state index in [9.17, 15) is 24.6 Å². The number of aldehydes is 1. The monoisotopic (exact) mass is 514 g/mol. The highest BCUT2D eigenvalue weighted by molar-refractivity contribution is 6.04. The predicted molar refractivity (Wildman–Crippen MR) is 131 cm³/mol. The summed E-state index contributed by atoms with van der Waals surface area (Å²) in [5.74, 6) is -2.50. The number of carbonyl (C=O) groups excluding carboxylic acids is 3. The van der Waals surface area contributed by atoms with Gasteiger partial charge in [-0.05, 0) is 32.4 Å². The number of aromatic hydroxyl groups is 2. The summed E-state index contributed by atoms with van der Waals surface area (Å²) in [6, 6.07) is 1.27. The summed E-state index contributed by atoms with van der Waals surface area (Å²) < 4.78 is 22.5. The molecule has 2 aromatic rings. The van der Waals surface area contributed by atoms with Crippen LogP contribution < -0.4 is 14.8 Å². The largest absolute Gasteiger partial charge is 0.507 e. The summed E-state index contributed by atoms with van der Waals surface area (Å²) in [5.41, 5.74) is 0.214. The van der Waals surface area contributed by atoms with E-state index in [-0.39, 0.29) is 57.4 Å². The number of hydrogen-bond acceptors (Lipinski definition) is 10. The van der Waals surface area contributed by atoms with Crippen LogP contribution in [-0.4, -0.2) is 79.3 Å². The smallest absolute Gasteiger partial charge is 0.347 e. The molecule has 2 aliphatic heterocycles. The number of ether oxygens (including phenoxy) is 4. The van der Waals surface area contributed by atoms with E-state index in [4.69, 9.17) is 18.9 Å². The molecule has 3 N–H and O–H groups in total. The van der Waals surface area contributed by atoms with E-state index in [2.05, 4.69) is 10.2 Å². The van der Waals surface area contributed by atoms with Gasteiger partial charge in [0.1, 0.15) is 17.1 Å². The van der Waals surface area contributed by atoms with Gasteiger partial charge in [0.05, 0.1) is 36.5 Å². The van der Waals surface area contributed by atoms with Crippen LogP contribution >= 0.6 is 0 Å². The van der Waals surface area contributed by atoms with E-state index in [0.717, 1.165) is 13.1 Å². The number of carbonyl (C=O) groups is 3. The molecule has 1 amide bonds. The summed E-state index contributed by atoms with van der Waals surface area (Å²) >= 11 is 0. The quantitative estimate of drug-likeness (QED) is 0.273. The summed E-state index contributed by atoms with van der Waals surface area (Å²) in [6.07, 6.45) is 0.377. The summed E-state index contributed by atoms with van der Waals surface area (Å²) in [6.45, 7) is 8.71. The molecule has 0 saturated carbocycles. The third-order valence-corrected chi connectivity index (χ3v) is 6.43. The molecule has 1 saturated heterocycles. The van der Waals surface area contributed by atoms with Crippen LogP contribution in [0, 0.1) is 13.8 Å². The normalized spacial score (nSPS) is 15.2. The van der Waals surface area contributed by atoms with Crippen molar-refractivity contribution < 1.29 is 43.5 Å². The number of nitrogens with zero attached hydrogens (tertiary/aromatic N) is 1. The molecule has 11 heteroatoms. The van der Waals surface area contributed by atoms with Crippen molar-refractivity contribution in [3.05, 3.63) is 39.4 Å². The molecular formula is C26H30N2O9. The van der Waals surface area contributed by atoms with Crippen LogP contribution in [0.25, 0.3) is 0 Å². The molecule has 11 nitrogen and oxygen atoms in total. The molecule has 0 unspecified atom stereocenters. The molecule has 2 heterocycles. The van der Waals surface area contributed by atoms with Crippen molar-refractivity contribution in [3.8, 4) is 28.7 Å². The number of phenols is 2. The maximum atomic E-state index is 13.3. The van der Waals surface area contributed by atoms with Crippen LogP contribution in [0.4, 0.5) is 0 Å². The third kappa shape index (κ3) is 5.10. The first-order valence-corrected chi connectivity index (χ1v) is 12.0. The molecular weight excluding hydrogens is 484 g/mol. The van der Waals surface area contributed by atoms with Gasteiger partial charge in [-0.2, -0.15) is 0 Å². The van der Waals surface area contributed by atoms with Crippen molar-refractivity contribution in [1.82, 2.24) is 10.2 Å². The van der Waals surface area contributed by atoms with E-state index in [1.807, 2.05) is 0 Å². The molecule has 2 aliphatic rings. The number of benzene rings is 2. The lowest BCUT2D eigenvalue weighted by molar-refractivity contribution is 0.0383. The average molecular weight is 515 g/mol. The Hall–Kier alpha value is -3.67. The number of hydrogen-bond donors (Lipinski definition) is 3. The zero-order chi connectivity index (χ0) is 26.7. The van der Waals surface area contributed by atoms with Crippen LogP contribution in [0.1, 0.15) is 54.7 Å². The second-order valence-electron chi connectivity index (χ2n) is 8.77. The lowest BCUT2D eigenvalue weighted by atomic mass is 9.99. The minimum Gasteiger partial charge on any atom is -0.507 e. The van der Waals surface area contributed by atoms with E-state index in [1.165, 1.54) is 13.0 Å². The van der Waals surface area contributed by atoms with Gasteiger partial charge in [-0.25, -0.2) is 4.79 Å². The first-order chi connectivity index (χ1) is 17.8. The lowest BCUT2D eigenvalue weighted by Gasteiger charge is -2.26. The molecule has 4 rings (SSSR count). The zero-order valence-corrected chi connectivity index (χ0v) is 21.0. The van der Waals surface area contributed by atoms with Crippen molar-refractivity contribution >= 4 is 18.2 Å². The van der Waals surface area contributed by atoms with E-state index in [0.29, 0.717) is 44.8 Å². The highest BCUT2D eigenvalue weighted by Gasteiger charge is 2.35. The zero-order valence-electron chi connectivity index (χ0n) is 21.0. The summed E-state index contributed by atoms with van der Waals surface area (Å²) in [7, 11) is 0. The Balaban J connectivity index is 1.77. The maximum Gasteiger partial charge on any atom is 0.347 e.